The number of benzene rings is 1. The van der Waals surface area contributed by atoms with Gasteiger partial charge in [-0.25, -0.2) is 4.98 Å². The molecule has 1 aromatic carbocycles. The van der Waals surface area contributed by atoms with Gasteiger partial charge in [-0.1, -0.05) is 24.3 Å². The van der Waals surface area contributed by atoms with Gasteiger partial charge in [0, 0.05) is 16.6 Å². The molecule has 1 aliphatic rings. The van der Waals surface area contributed by atoms with Gasteiger partial charge in [-0.2, -0.15) is 0 Å². The zero-order chi connectivity index (χ0) is 16.9. The Balaban J connectivity index is 1.56. The van der Waals surface area contributed by atoms with Crippen LogP contribution in [0.15, 0.2) is 30.5 Å². The van der Waals surface area contributed by atoms with Crippen LogP contribution in [0.3, 0.4) is 0 Å². The minimum atomic E-state index is -0.0863. The van der Waals surface area contributed by atoms with Gasteiger partial charge in [-0.05, 0) is 44.3 Å². The predicted molar refractivity (Wildman–Crippen MR) is 95.7 cm³/mol. The molecule has 2 aromatic rings. The van der Waals surface area contributed by atoms with Gasteiger partial charge < -0.3 is 10.6 Å². The average Bonchev–Trinajstić information content (AvgIpc) is 3.04. The largest absolute Gasteiger partial charge is 0.317 e. The first-order valence-electron chi connectivity index (χ1n) is 8.18. The smallest absolute Gasteiger partial charge is 0.230 e. The topological polar surface area (TPSA) is 71.1 Å². The summed E-state index contributed by atoms with van der Waals surface area (Å²) in [6.45, 7) is 3.62. The summed E-state index contributed by atoms with van der Waals surface area (Å²) in [4.78, 5) is 29.0. The molecule has 2 N–H and O–H groups in total. The van der Waals surface area contributed by atoms with Gasteiger partial charge in [-0.3, -0.25) is 9.59 Å². The summed E-state index contributed by atoms with van der Waals surface area (Å²) in [5, 5.41) is 6.89. The molecule has 0 saturated carbocycles. The molecule has 1 aliphatic heterocycles. The third kappa shape index (κ3) is 4.27. The summed E-state index contributed by atoms with van der Waals surface area (Å²) in [7, 11) is 0. The summed E-state index contributed by atoms with van der Waals surface area (Å²) >= 11 is 1.57. The van der Waals surface area contributed by atoms with Crippen LogP contribution in [0.1, 0.15) is 46.5 Å². The monoisotopic (exact) mass is 343 g/mol. The molecular weight excluding hydrogens is 322 g/mol. The number of amides is 1. The minimum absolute atomic E-state index is 0.0271. The number of thiazole rings is 1. The van der Waals surface area contributed by atoms with Crippen molar-refractivity contribution in [1.29, 1.82) is 0 Å². The van der Waals surface area contributed by atoms with Crippen LogP contribution in [-0.2, 0) is 11.2 Å². The number of piperidine rings is 1. The molecule has 0 unspecified atom stereocenters. The van der Waals surface area contributed by atoms with Gasteiger partial charge in [0.1, 0.15) is 0 Å². The number of nitrogens with zero attached hydrogens (tertiary/aromatic N) is 1. The fourth-order valence-electron chi connectivity index (χ4n) is 2.85. The van der Waals surface area contributed by atoms with E-state index >= 15 is 0 Å². The van der Waals surface area contributed by atoms with Crippen molar-refractivity contribution in [2.45, 2.75) is 32.1 Å². The van der Waals surface area contributed by atoms with E-state index in [4.69, 9.17) is 0 Å². The summed E-state index contributed by atoms with van der Waals surface area (Å²) in [5.74, 6) is 0.490. The molecule has 1 saturated heterocycles. The fraction of sp³-hybridized carbons (Fsp3) is 0.389. The van der Waals surface area contributed by atoms with Crippen LogP contribution in [0.25, 0.3) is 0 Å². The van der Waals surface area contributed by atoms with Crippen molar-refractivity contribution in [3.63, 3.8) is 0 Å². The highest BCUT2D eigenvalue weighted by atomic mass is 32.1. The SMILES string of the molecule is CC(=O)c1ccc(CC(=O)Nc2ncc(C3CCNCC3)s2)cc1. The van der Waals surface area contributed by atoms with Crippen molar-refractivity contribution in [2.75, 3.05) is 18.4 Å². The van der Waals surface area contributed by atoms with Gasteiger partial charge in [0.2, 0.25) is 5.91 Å². The van der Waals surface area contributed by atoms with Crippen LogP contribution in [0.4, 0.5) is 5.13 Å². The van der Waals surface area contributed by atoms with E-state index in [-0.39, 0.29) is 18.1 Å². The maximum Gasteiger partial charge on any atom is 0.230 e. The first kappa shape index (κ1) is 16.8. The van der Waals surface area contributed by atoms with Gasteiger partial charge in [0.05, 0.1) is 6.42 Å². The Kier molecular flexibility index (Phi) is 5.37. The molecule has 0 atom stereocenters. The second-order valence-electron chi connectivity index (χ2n) is 6.07. The first-order chi connectivity index (χ1) is 11.6. The van der Waals surface area contributed by atoms with E-state index in [0.29, 0.717) is 16.6 Å². The quantitative estimate of drug-likeness (QED) is 0.819. The molecule has 3 rings (SSSR count). The predicted octanol–water partition coefficient (Wildman–Crippen LogP) is 2.99. The summed E-state index contributed by atoms with van der Waals surface area (Å²) in [6, 6.07) is 7.14. The normalized spacial score (nSPS) is 15.2. The van der Waals surface area contributed by atoms with E-state index in [1.54, 1.807) is 23.5 Å². The maximum absolute atomic E-state index is 12.2. The molecule has 0 radical (unpaired) electrons. The molecule has 0 bridgehead atoms. The van der Waals surface area contributed by atoms with Crippen LogP contribution in [0.2, 0.25) is 0 Å². The second kappa shape index (κ2) is 7.68. The minimum Gasteiger partial charge on any atom is -0.317 e. The van der Waals surface area contributed by atoms with E-state index in [2.05, 4.69) is 15.6 Å². The van der Waals surface area contributed by atoms with E-state index < -0.39 is 0 Å². The molecule has 126 valence electrons. The lowest BCUT2D eigenvalue weighted by Gasteiger charge is -2.20. The Morgan fingerprint density at radius 2 is 1.96 bits per heavy atom. The Labute approximate surface area is 145 Å². The zero-order valence-corrected chi connectivity index (χ0v) is 14.5. The number of hydrogen-bond donors (Lipinski definition) is 2. The molecular formula is C18H21N3O2S. The molecule has 1 amide bonds. The Morgan fingerprint density at radius 1 is 1.25 bits per heavy atom. The number of rotatable bonds is 5. The van der Waals surface area contributed by atoms with Crippen LogP contribution in [0, 0.1) is 0 Å². The Hall–Kier alpha value is -2.05. The van der Waals surface area contributed by atoms with Crippen molar-refractivity contribution in [2.24, 2.45) is 0 Å². The number of hydrogen-bond acceptors (Lipinski definition) is 5. The van der Waals surface area contributed by atoms with Gasteiger partial charge in [-0.15, -0.1) is 11.3 Å². The number of Topliss-reactive ketones (excluding diaryl/α,β-unsaturated/α-hetero) is 1. The Bertz CT molecular complexity index is 718. The first-order valence-corrected chi connectivity index (χ1v) is 8.99. The standard InChI is InChI=1S/C18H21N3O2S/c1-12(22)14-4-2-13(3-5-14)10-17(23)21-18-20-11-16(24-18)15-6-8-19-9-7-15/h2-5,11,15,19H,6-10H2,1H3,(H,20,21,23). The molecule has 1 aromatic heterocycles. The van der Waals surface area contributed by atoms with Crippen molar-refractivity contribution in [3.8, 4) is 0 Å². The van der Waals surface area contributed by atoms with E-state index in [0.717, 1.165) is 31.5 Å². The number of nitrogens with one attached hydrogen (secondary N) is 2. The number of carbonyl (C=O) groups is 2. The molecule has 0 spiro atoms. The Morgan fingerprint density at radius 3 is 2.62 bits per heavy atom. The summed E-state index contributed by atoms with van der Waals surface area (Å²) < 4.78 is 0. The molecule has 24 heavy (non-hydrogen) atoms. The highest BCUT2D eigenvalue weighted by molar-refractivity contribution is 7.15. The maximum atomic E-state index is 12.2. The lowest BCUT2D eigenvalue weighted by atomic mass is 9.97. The highest BCUT2D eigenvalue weighted by Crippen LogP contribution is 2.31. The van der Waals surface area contributed by atoms with Crippen molar-refractivity contribution in [3.05, 3.63) is 46.5 Å². The summed E-state index contributed by atoms with van der Waals surface area (Å²) in [6.07, 6.45) is 4.41. The molecule has 1 fully saturated rings. The lowest BCUT2D eigenvalue weighted by Crippen LogP contribution is -2.26. The second-order valence-corrected chi connectivity index (χ2v) is 7.13. The number of anilines is 1. The molecule has 0 aliphatic carbocycles. The average molecular weight is 343 g/mol. The van der Waals surface area contributed by atoms with E-state index in [9.17, 15) is 9.59 Å². The van der Waals surface area contributed by atoms with Gasteiger partial charge >= 0.3 is 0 Å². The molecule has 2 heterocycles. The van der Waals surface area contributed by atoms with Crippen LogP contribution >= 0.6 is 11.3 Å². The third-order valence-corrected chi connectivity index (χ3v) is 5.31. The highest BCUT2D eigenvalue weighted by Gasteiger charge is 2.18. The van der Waals surface area contributed by atoms with E-state index in [1.165, 1.54) is 11.8 Å². The molecule has 6 heteroatoms. The fourth-order valence-corrected chi connectivity index (χ4v) is 3.85. The van der Waals surface area contributed by atoms with Crippen LogP contribution in [-0.4, -0.2) is 29.8 Å². The van der Waals surface area contributed by atoms with Crippen molar-refractivity contribution >= 4 is 28.2 Å². The number of aromatic nitrogens is 1. The summed E-state index contributed by atoms with van der Waals surface area (Å²) in [5.41, 5.74) is 1.54. The van der Waals surface area contributed by atoms with Gasteiger partial charge in [0.25, 0.3) is 0 Å². The third-order valence-electron chi connectivity index (χ3n) is 4.24. The van der Waals surface area contributed by atoms with Gasteiger partial charge in [0.15, 0.2) is 10.9 Å². The van der Waals surface area contributed by atoms with Crippen molar-refractivity contribution in [1.82, 2.24) is 10.3 Å². The van der Waals surface area contributed by atoms with E-state index in [1.807, 2.05) is 18.3 Å². The zero-order valence-electron chi connectivity index (χ0n) is 13.7. The number of carbonyl (C=O) groups excluding carboxylic acids is 2. The lowest BCUT2D eigenvalue weighted by molar-refractivity contribution is -0.115. The van der Waals surface area contributed by atoms with Crippen LogP contribution < -0.4 is 10.6 Å². The number of ketones is 1. The molecule has 5 nitrogen and oxygen atoms in total. The van der Waals surface area contributed by atoms with Crippen molar-refractivity contribution < 1.29 is 9.59 Å². The van der Waals surface area contributed by atoms with Crippen LogP contribution in [0.5, 0.6) is 0 Å².